The molecule has 0 aromatic carbocycles. The molecule has 0 aromatic rings. The average molecular weight is 216 g/mol. The van der Waals surface area contributed by atoms with E-state index >= 15 is 0 Å². The molecule has 0 saturated carbocycles. The summed E-state index contributed by atoms with van der Waals surface area (Å²) in [5, 5.41) is 5.51. The summed E-state index contributed by atoms with van der Waals surface area (Å²) in [5.74, 6) is -0.367. The SMILES string of the molecule is CCNC(=O)CNC(C(=O)OC)C(C)C. The lowest BCUT2D eigenvalue weighted by Crippen LogP contribution is -2.46. The van der Waals surface area contributed by atoms with Gasteiger partial charge < -0.3 is 10.1 Å². The van der Waals surface area contributed by atoms with Crippen LogP contribution >= 0.6 is 0 Å². The van der Waals surface area contributed by atoms with E-state index in [4.69, 9.17) is 0 Å². The molecule has 0 aliphatic heterocycles. The number of esters is 1. The van der Waals surface area contributed by atoms with Gasteiger partial charge in [0.1, 0.15) is 6.04 Å². The van der Waals surface area contributed by atoms with Gasteiger partial charge in [-0.25, -0.2) is 0 Å². The van der Waals surface area contributed by atoms with Gasteiger partial charge in [0.05, 0.1) is 13.7 Å². The van der Waals surface area contributed by atoms with E-state index in [1.807, 2.05) is 20.8 Å². The Balaban J connectivity index is 4.07. The minimum absolute atomic E-state index is 0.0897. The van der Waals surface area contributed by atoms with Crippen LogP contribution in [0.5, 0.6) is 0 Å². The van der Waals surface area contributed by atoms with Crippen molar-refractivity contribution in [2.45, 2.75) is 26.8 Å². The van der Waals surface area contributed by atoms with Crippen LogP contribution in [0.2, 0.25) is 0 Å². The van der Waals surface area contributed by atoms with Crippen LogP contribution in [0.3, 0.4) is 0 Å². The molecular formula is C10H20N2O3. The first-order valence-corrected chi connectivity index (χ1v) is 5.10. The molecule has 88 valence electrons. The van der Waals surface area contributed by atoms with Crippen molar-refractivity contribution in [1.29, 1.82) is 0 Å². The van der Waals surface area contributed by atoms with Crippen LogP contribution in [-0.4, -0.2) is 38.1 Å². The van der Waals surface area contributed by atoms with Gasteiger partial charge in [-0.05, 0) is 12.8 Å². The number of hydrogen-bond acceptors (Lipinski definition) is 4. The monoisotopic (exact) mass is 216 g/mol. The van der Waals surface area contributed by atoms with Crippen molar-refractivity contribution in [1.82, 2.24) is 10.6 Å². The Kier molecular flexibility index (Phi) is 6.70. The third-order valence-electron chi connectivity index (χ3n) is 1.98. The van der Waals surface area contributed by atoms with Gasteiger partial charge in [0, 0.05) is 6.54 Å². The number of carbonyl (C=O) groups is 2. The van der Waals surface area contributed by atoms with Crippen LogP contribution in [0, 0.1) is 5.92 Å². The van der Waals surface area contributed by atoms with Crippen molar-refractivity contribution in [3.8, 4) is 0 Å². The number of hydrogen-bond donors (Lipinski definition) is 2. The molecule has 5 nitrogen and oxygen atoms in total. The summed E-state index contributed by atoms with van der Waals surface area (Å²) in [4.78, 5) is 22.5. The van der Waals surface area contributed by atoms with Crippen LogP contribution in [0.1, 0.15) is 20.8 Å². The molecule has 0 saturated heterocycles. The average Bonchev–Trinajstić information content (AvgIpc) is 2.17. The molecule has 0 aliphatic rings. The van der Waals surface area contributed by atoms with Crippen LogP contribution in [0.25, 0.3) is 0 Å². The minimum Gasteiger partial charge on any atom is -0.468 e. The Labute approximate surface area is 90.6 Å². The first-order chi connectivity index (χ1) is 7.02. The topological polar surface area (TPSA) is 67.4 Å². The summed E-state index contributed by atoms with van der Waals surface area (Å²) in [6, 6.07) is -0.433. The third-order valence-corrected chi connectivity index (χ3v) is 1.98. The Morgan fingerprint density at radius 2 is 1.93 bits per heavy atom. The number of methoxy groups -OCH3 is 1. The van der Waals surface area contributed by atoms with Crippen molar-refractivity contribution < 1.29 is 14.3 Å². The summed E-state index contributed by atoms with van der Waals surface area (Å²) in [6.45, 7) is 6.35. The molecule has 15 heavy (non-hydrogen) atoms. The number of nitrogens with one attached hydrogen (secondary N) is 2. The number of carbonyl (C=O) groups excluding carboxylic acids is 2. The van der Waals surface area contributed by atoms with Crippen molar-refractivity contribution in [2.75, 3.05) is 20.2 Å². The minimum atomic E-state index is -0.433. The van der Waals surface area contributed by atoms with E-state index in [1.54, 1.807) is 0 Å². The zero-order valence-corrected chi connectivity index (χ0v) is 9.79. The molecule has 0 heterocycles. The van der Waals surface area contributed by atoms with Gasteiger partial charge in [0.25, 0.3) is 0 Å². The summed E-state index contributed by atoms with van der Waals surface area (Å²) in [6.07, 6.45) is 0. The normalized spacial score (nSPS) is 12.3. The molecule has 0 aliphatic carbocycles. The molecular weight excluding hydrogens is 196 g/mol. The highest BCUT2D eigenvalue weighted by molar-refractivity contribution is 5.80. The van der Waals surface area contributed by atoms with Gasteiger partial charge in [-0.3, -0.25) is 14.9 Å². The Morgan fingerprint density at radius 3 is 2.33 bits per heavy atom. The summed E-state index contributed by atoms with van der Waals surface area (Å²) >= 11 is 0. The third kappa shape index (κ3) is 5.37. The molecule has 5 heteroatoms. The highest BCUT2D eigenvalue weighted by Crippen LogP contribution is 2.02. The predicted octanol–water partition coefficient (Wildman–Crippen LogP) is -0.0903. The van der Waals surface area contributed by atoms with Crippen LogP contribution in [0.15, 0.2) is 0 Å². The van der Waals surface area contributed by atoms with Crippen LogP contribution in [0.4, 0.5) is 0 Å². The van der Waals surface area contributed by atoms with Crippen molar-refractivity contribution >= 4 is 11.9 Å². The van der Waals surface area contributed by atoms with E-state index in [-0.39, 0.29) is 24.3 Å². The summed E-state index contributed by atoms with van der Waals surface area (Å²) < 4.78 is 4.63. The zero-order valence-electron chi connectivity index (χ0n) is 9.79. The van der Waals surface area contributed by atoms with E-state index in [9.17, 15) is 9.59 Å². The lowest BCUT2D eigenvalue weighted by molar-refractivity contribution is -0.144. The van der Waals surface area contributed by atoms with Crippen LogP contribution in [-0.2, 0) is 14.3 Å². The molecule has 1 amide bonds. The molecule has 0 rings (SSSR count). The van der Waals surface area contributed by atoms with E-state index in [2.05, 4.69) is 15.4 Å². The summed E-state index contributed by atoms with van der Waals surface area (Å²) in [7, 11) is 1.34. The number of amides is 1. The smallest absolute Gasteiger partial charge is 0.323 e. The largest absolute Gasteiger partial charge is 0.468 e. The fourth-order valence-corrected chi connectivity index (χ4v) is 1.18. The first-order valence-electron chi connectivity index (χ1n) is 5.10. The fourth-order valence-electron chi connectivity index (χ4n) is 1.18. The Morgan fingerprint density at radius 1 is 1.33 bits per heavy atom. The van der Waals surface area contributed by atoms with Crippen molar-refractivity contribution in [2.24, 2.45) is 5.92 Å². The van der Waals surface area contributed by atoms with E-state index in [0.29, 0.717) is 6.54 Å². The molecule has 1 unspecified atom stereocenters. The number of rotatable bonds is 6. The maximum absolute atomic E-state index is 11.3. The van der Waals surface area contributed by atoms with Crippen LogP contribution < -0.4 is 10.6 Å². The molecule has 0 fully saturated rings. The maximum atomic E-state index is 11.3. The predicted molar refractivity (Wildman–Crippen MR) is 57.3 cm³/mol. The molecule has 0 bridgehead atoms. The van der Waals surface area contributed by atoms with Gasteiger partial charge >= 0.3 is 5.97 Å². The highest BCUT2D eigenvalue weighted by atomic mass is 16.5. The second kappa shape index (κ2) is 7.23. The standard InChI is InChI=1S/C10H20N2O3/c1-5-11-8(13)6-12-9(7(2)3)10(14)15-4/h7,9,12H,5-6H2,1-4H3,(H,11,13). The molecule has 1 atom stereocenters. The lowest BCUT2D eigenvalue weighted by Gasteiger charge is -2.19. The first kappa shape index (κ1) is 13.9. The van der Waals surface area contributed by atoms with Gasteiger partial charge in [-0.2, -0.15) is 0 Å². The lowest BCUT2D eigenvalue weighted by atomic mass is 10.0. The quantitative estimate of drug-likeness (QED) is 0.609. The van der Waals surface area contributed by atoms with E-state index < -0.39 is 6.04 Å². The number of likely N-dealkylation sites (N-methyl/N-ethyl adjacent to an activating group) is 1. The van der Waals surface area contributed by atoms with Gasteiger partial charge in [-0.1, -0.05) is 13.8 Å². The second-order valence-electron chi connectivity index (χ2n) is 3.58. The van der Waals surface area contributed by atoms with E-state index in [0.717, 1.165) is 0 Å². The van der Waals surface area contributed by atoms with E-state index in [1.165, 1.54) is 7.11 Å². The Hall–Kier alpha value is -1.10. The maximum Gasteiger partial charge on any atom is 0.323 e. The van der Waals surface area contributed by atoms with Gasteiger partial charge in [0.15, 0.2) is 0 Å². The molecule has 2 N–H and O–H groups in total. The fraction of sp³-hybridized carbons (Fsp3) is 0.800. The molecule has 0 radical (unpaired) electrons. The Bertz CT molecular complexity index is 217. The van der Waals surface area contributed by atoms with Gasteiger partial charge in [0.2, 0.25) is 5.91 Å². The molecule has 0 spiro atoms. The zero-order chi connectivity index (χ0) is 11.8. The number of ether oxygens (including phenoxy) is 1. The second-order valence-corrected chi connectivity index (χ2v) is 3.58. The molecule has 0 aromatic heterocycles. The van der Waals surface area contributed by atoms with Crippen molar-refractivity contribution in [3.63, 3.8) is 0 Å². The summed E-state index contributed by atoms with van der Waals surface area (Å²) in [5.41, 5.74) is 0. The van der Waals surface area contributed by atoms with Gasteiger partial charge in [-0.15, -0.1) is 0 Å². The van der Waals surface area contributed by atoms with Crippen molar-refractivity contribution in [3.05, 3.63) is 0 Å². The highest BCUT2D eigenvalue weighted by Gasteiger charge is 2.22.